The van der Waals surface area contributed by atoms with Gasteiger partial charge >= 0.3 is 0 Å². The minimum Gasteiger partial charge on any atom is -0.489 e. The van der Waals surface area contributed by atoms with E-state index in [1.807, 2.05) is 0 Å². The van der Waals surface area contributed by atoms with Crippen LogP contribution in [-0.4, -0.2) is 22.5 Å². The summed E-state index contributed by atoms with van der Waals surface area (Å²) in [7, 11) is 0. The molecule has 0 unspecified atom stereocenters. The van der Waals surface area contributed by atoms with Gasteiger partial charge in [0.2, 0.25) is 0 Å². The van der Waals surface area contributed by atoms with Gasteiger partial charge in [-0.25, -0.2) is 9.97 Å². The Hall–Kier alpha value is -1.85. The van der Waals surface area contributed by atoms with Crippen molar-refractivity contribution in [1.29, 1.82) is 0 Å². The van der Waals surface area contributed by atoms with E-state index in [1.54, 1.807) is 18.3 Å². The molecule has 2 aromatic heterocycles. The second-order valence-electron chi connectivity index (χ2n) is 6.08. The molecule has 0 aromatic carbocycles. The first kappa shape index (κ1) is 18.0. The van der Waals surface area contributed by atoms with Crippen LogP contribution in [0.3, 0.4) is 0 Å². The van der Waals surface area contributed by atoms with E-state index in [-0.39, 0.29) is 15.9 Å². The normalized spacial score (nSPS) is 15.0. The minimum atomic E-state index is -0.478. The average molecular weight is 380 g/mol. The van der Waals surface area contributed by atoms with Gasteiger partial charge in [-0.3, -0.25) is 4.79 Å². The molecule has 1 N–H and O–H groups in total. The molecule has 1 saturated carbocycles. The second kappa shape index (κ2) is 8.50. The van der Waals surface area contributed by atoms with Gasteiger partial charge in [-0.15, -0.1) is 0 Å². The molecule has 1 amide bonds. The number of carbonyl (C=O) groups is 1. The monoisotopic (exact) mass is 379 g/mol. The van der Waals surface area contributed by atoms with Gasteiger partial charge in [0, 0.05) is 6.20 Å². The molecule has 1 fully saturated rings. The standard InChI is InChI=1S/C18H19Cl2N3O2/c19-13-8-9-15(20)22-16(13)18(24)23-17-14(7-4-10-21-17)25-11-12-5-2-1-3-6-12/h4,7-10,12H,1-3,5-6,11H2,(H,21,23,24). The van der Waals surface area contributed by atoms with E-state index in [0.717, 1.165) is 0 Å². The molecule has 0 aliphatic heterocycles. The van der Waals surface area contributed by atoms with Crippen LogP contribution in [0.15, 0.2) is 30.5 Å². The Labute approximate surface area is 156 Å². The number of anilines is 1. The van der Waals surface area contributed by atoms with Crippen molar-refractivity contribution in [2.24, 2.45) is 5.92 Å². The lowest BCUT2D eigenvalue weighted by molar-refractivity contribution is 0.102. The number of halogens is 2. The van der Waals surface area contributed by atoms with Crippen molar-refractivity contribution in [3.05, 3.63) is 46.3 Å². The van der Waals surface area contributed by atoms with E-state index < -0.39 is 5.91 Å². The van der Waals surface area contributed by atoms with E-state index in [0.29, 0.717) is 24.1 Å². The van der Waals surface area contributed by atoms with Crippen LogP contribution in [0.2, 0.25) is 10.2 Å². The van der Waals surface area contributed by atoms with Gasteiger partial charge in [-0.05, 0) is 43.0 Å². The summed E-state index contributed by atoms with van der Waals surface area (Å²) in [5.41, 5.74) is 0.0538. The van der Waals surface area contributed by atoms with Crippen LogP contribution in [0.25, 0.3) is 0 Å². The summed E-state index contributed by atoms with van der Waals surface area (Å²) in [6.07, 6.45) is 7.77. The zero-order valence-corrected chi connectivity index (χ0v) is 15.2. The number of ether oxygens (including phenoxy) is 1. The van der Waals surface area contributed by atoms with Gasteiger partial charge in [0.25, 0.3) is 5.91 Å². The molecule has 7 heteroatoms. The van der Waals surface area contributed by atoms with Crippen LogP contribution in [0.5, 0.6) is 5.75 Å². The van der Waals surface area contributed by atoms with Gasteiger partial charge in [0.05, 0.1) is 11.6 Å². The summed E-state index contributed by atoms with van der Waals surface area (Å²) in [5.74, 6) is 0.969. The van der Waals surface area contributed by atoms with Crippen molar-refractivity contribution in [3.8, 4) is 5.75 Å². The summed E-state index contributed by atoms with van der Waals surface area (Å²) in [5, 5.41) is 3.12. The molecule has 3 rings (SSSR count). The highest BCUT2D eigenvalue weighted by molar-refractivity contribution is 6.35. The smallest absolute Gasteiger partial charge is 0.277 e. The Morgan fingerprint density at radius 2 is 2.00 bits per heavy atom. The number of aromatic nitrogens is 2. The van der Waals surface area contributed by atoms with Crippen LogP contribution in [0.1, 0.15) is 42.6 Å². The van der Waals surface area contributed by atoms with Gasteiger partial charge < -0.3 is 10.1 Å². The summed E-state index contributed by atoms with van der Waals surface area (Å²) in [4.78, 5) is 20.6. The maximum absolute atomic E-state index is 12.4. The fourth-order valence-corrected chi connectivity index (χ4v) is 3.25. The molecular formula is C18H19Cl2N3O2. The Morgan fingerprint density at radius 3 is 2.80 bits per heavy atom. The Balaban J connectivity index is 1.69. The first-order valence-corrected chi connectivity index (χ1v) is 9.10. The predicted octanol–water partition coefficient (Wildman–Crippen LogP) is 4.99. The Bertz CT molecular complexity index is 749. The number of amides is 1. The molecule has 0 spiro atoms. The molecule has 132 valence electrons. The third-order valence-corrected chi connectivity index (χ3v) is 4.74. The number of nitrogens with one attached hydrogen (secondary N) is 1. The van der Waals surface area contributed by atoms with E-state index in [4.69, 9.17) is 27.9 Å². The first-order valence-electron chi connectivity index (χ1n) is 8.34. The third-order valence-electron chi connectivity index (χ3n) is 4.23. The predicted molar refractivity (Wildman–Crippen MR) is 98.5 cm³/mol. The van der Waals surface area contributed by atoms with E-state index >= 15 is 0 Å². The molecule has 0 atom stereocenters. The van der Waals surface area contributed by atoms with Crippen molar-refractivity contribution in [3.63, 3.8) is 0 Å². The van der Waals surface area contributed by atoms with Gasteiger partial charge in [0.15, 0.2) is 11.6 Å². The maximum atomic E-state index is 12.4. The number of carbonyl (C=O) groups excluding carboxylic acids is 1. The van der Waals surface area contributed by atoms with Crippen molar-refractivity contribution in [1.82, 2.24) is 9.97 Å². The molecule has 2 heterocycles. The Morgan fingerprint density at radius 1 is 1.20 bits per heavy atom. The molecule has 0 radical (unpaired) electrons. The summed E-state index contributed by atoms with van der Waals surface area (Å²) in [6.45, 7) is 0.630. The number of nitrogens with zero attached hydrogens (tertiary/aromatic N) is 2. The number of hydrogen-bond donors (Lipinski definition) is 1. The third kappa shape index (κ3) is 4.83. The molecule has 1 aliphatic carbocycles. The maximum Gasteiger partial charge on any atom is 0.277 e. The fraction of sp³-hybridized carbons (Fsp3) is 0.389. The quantitative estimate of drug-likeness (QED) is 0.742. The summed E-state index contributed by atoms with van der Waals surface area (Å²) < 4.78 is 5.91. The number of rotatable bonds is 5. The lowest BCUT2D eigenvalue weighted by Crippen LogP contribution is -2.18. The van der Waals surface area contributed by atoms with Crippen molar-refractivity contribution >= 4 is 34.9 Å². The summed E-state index contributed by atoms with van der Waals surface area (Å²) >= 11 is 11.9. The molecule has 25 heavy (non-hydrogen) atoms. The zero-order chi connectivity index (χ0) is 17.6. The van der Waals surface area contributed by atoms with Crippen LogP contribution < -0.4 is 10.1 Å². The molecule has 0 saturated heterocycles. The van der Waals surface area contributed by atoms with E-state index in [1.165, 1.54) is 44.2 Å². The zero-order valence-electron chi connectivity index (χ0n) is 13.7. The number of pyridine rings is 2. The highest BCUT2D eigenvalue weighted by atomic mass is 35.5. The van der Waals surface area contributed by atoms with Crippen LogP contribution in [0.4, 0.5) is 5.82 Å². The first-order chi connectivity index (χ1) is 12.1. The Kier molecular flexibility index (Phi) is 6.10. The van der Waals surface area contributed by atoms with Crippen LogP contribution in [0, 0.1) is 5.92 Å². The summed E-state index contributed by atoms with van der Waals surface area (Å²) in [6, 6.07) is 6.62. The second-order valence-corrected chi connectivity index (χ2v) is 6.88. The highest BCUT2D eigenvalue weighted by Gasteiger charge is 2.18. The van der Waals surface area contributed by atoms with Crippen molar-refractivity contribution in [2.45, 2.75) is 32.1 Å². The lowest BCUT2D eigenvalue weighted by atomic mass is 9.90. The van der Waals surface area contributed by atoms with Crippen molar-refractivity contribution in [2.75, 3.05) is 11.9 Å². The number of hydrogen-bond acceptors (Lipinski definition) is 4. The van der Waals surface area contributed by atoms with E-state index in [2.05, 4.69) is 15.3 Å². The molecular weight excluding hydrogens is 361 g/mol. The highest BCUT2D eigenvalue weighted by Crippen LogP contribution is 2.27. The van der Waals surface area contributed by atoms with Gasteiger partial charge in [-0.1, -0.05) is 42.5 Å². The minimum absolute atomic E-state index is 0.0538. The van der Waals surface area contributed by atoms with Crippen molar-refractivity contribution < 1.29 is 9.53 Å². The SMILES string of the molecule is O=C(Nc1ncccc1OCC1CCCCC1)c1nc(Cl)ccc1Cl. The molecule has 5 nitrogen and oxygen atoms in total. The molecule has 1 aliphatic rings. The average Bonchev–Trinajstić information content (AvgIpc) is 2.64. The lowest BCUT2D eigenvalue weighted by Gasteiger charge is -2.22. The van der Waals surface area contributed by atoms with Crippen LogP contribution in [-0.2, 0) is 0 Å². The largest absolute Gasteiger partial charge is 0.489 e. The fourth-order valence-electron chi connectivity index (χ4n) is 2.91. The van der Waals surface area contributed by atoms with Gasteiger partial charge in [-0.2, -0.15) is 0 Å². The van der Waals surface area contributed by atoms with Gasteiger partial charge in [0.1, 0.15) is 10.8 Å². The molecule has 2 aromatic rings. The topological polar surface area (TPSA) is 64.1 Å². The van der Waals surface area contributed by atoms with E-state index in [9.17, 15) is 4.79 Å². The molecule has 0 bridgehead atoms. The van der Waals surface area contributed by atoms with Crippen LogP contribution >= 0.6 is 23.2 Å².